The van der Waals surface area contributed by atoms with Gasteiger partial charge >= 0.3 is 0 Å². The summed E-state index contributed by atoms with van der Waals surface area (Å²) < 4.78 is 0. The molecule has 1 aliphatic rings. The maximum Gasteiger partial charge on any atom is 0.0107 e. The first-order chi connectivity index (χ1) is 7.54. The van der Waals surface area contributed by atoms with Gasteiger partial charge in [-0.15, -0.1) is 0 Å². The highest BCUT2D eigenvalue weighted by molar-refractivity contribution is 4.83. The zero-order chi connectivity index (χ0) is 12.0. The number of nitrogens with one attached hydrogen (secondary N) is 1. The van der Waals surface area contributed by atoms with E-state index >= 15 is 0 Å². The summed E-state index contributed by atoms with van der Waals surface area (Å²) in [5.74, 6) is 0.892. The van der Waals surface area contributed by atoms with Gasteiger partial charge in [-0.1, -0.05) is 34.1 Å². The Hall–Kier alpha value is -0.0800. The van der Waals surface area contributed by atoms with Gasteiger partial charge < -0.3 is 10.2 Å². The zero-order valence-corrected chi connectivity index (χ0v) is 11.7. The number of rotatable bonds is 6. The summed E-state index contributed by atoms with van der Waals surface area (Å²) in [5.41, 5.74) is 0.490. The fraction of sp³-hybridized carbons (Fsp3) is 1.00. The Morgan fingerprint density at radius 1 is 1.25 bits per heavy atom. The second-order valence-corrected chi connectivity index (χ2v) is 6.26. The first-order valence-corrected chi connectivity index (χ1v) is 6.97. The molecule has 1 fully saturated rings. The molecule has 1 atom stereocenters. The number of nitrogens with zero attached hydrogens (tertiary/aromatic N) is 1. The van der Waals surface area contributed by atoms with Gasteiger partial charge in [-0.05, 0) is 37.3 Å². The summed E-state index contributed by atoms with van der Waals surface area (Å²) in [7, 11) is 0. The van der Waals surface area contributed by atoms with Gasteiger partial charge in [-0.2, -0.15) is 0 Å². The molecule has 0 radical (unpaired) electrons. The van der Waals surface area contributed by atoms with E-state index in [-0.39, 0.29) is 0 Å². The predicted octanol–water partition coefficient (Wildman–Crippen LogP) is 2.74. The molecule has 1 aliphatic heterocycles. The van der Waals surface area contributed by atoms with Crippen molar-refractivity contribution in [1.82, 2.24) is 10.2 Å². The Morgan fingerprint density at radius 2 is 2.00 bits per heavy atom. The Labute approximate surface area is 102 Å². The van der Waals surface area contributed by atoms with E-state index in [2.05, 4.69) is 37.9 Å². The molecule has 1 unspecified atom stereocenters. The SMILES string of the molecule is CCCCNCCN1CCC(C(C)(C)C)C1. The average Bonchev–Trinajstić information content (AvgIpc) is 2.65. The van der Waals surface area contributed by atoms with E-state index < -0.39 is 0 Å². The number of hydrogen-bond acceptors (Lipinski definition) is 2. The summed E-state index contributed by atoms with van der Waals surface area (Å²) in [6.45, 7) is 15.6. The van der Waals surface area contributed by atoms with Crippen molar-refractivity contribution in [3.8, 4) is 0 Å². The monoisotopic (exact) mass is 226 g/mol. The molecule has 0 spiro atoms. The maximum atomic E-state index is 3.53. The first kappa shape index (κ1) is 14.0. The van der Waals surface area contributed by atoms with Crippen LogP contribution in [0.1, 0.15) is 47.0 Å². The van der Waals surface area contributed by atoms with Crippen LogP contribution < -0.4 is 5.32 Å². The number of hydrogen-bond donors (Lipinski definition) is 1. The van der Waals surface area contributed by atoms with E-state index in [1.165, 1.54) is 45.4 Å². The van der Waals surface area contributed by atoms with Crippen LogP contribution in [0.5, 0.6) is 0 Å². The summed E-state index contributed by atoms with van der Waals surface area (Å²) in [4.78, 5) is 2.62. The van der Waals surface area contributed by atoms with Crippen molar-refractivity contribution in [3.63, 3.8) is 0 Å². The average molecular weight is 226 g/mol. The van der Waals surface area contributed by atoms with Gasteiger partial charge in [0.2, 0.25) is 0 Å². The molecular formula is C14H30N2. The molecule has 0 aromatic heterocycles. The highest BCUT2D eigenvalue weighted by atomic mass is 15.2. The van der Waals surface area contributed by atoms with Crippen molar-refractivity contribution in [2.24, 2.45) is 11.3 Å². The Bertz CT molecular complexity index is 184. The minimum absolute atomic E-state index is 0.490. The Balaban J connectivity index is 2.08. The van der Waals surface area contributed by atoms with Crippen molar-refractivity contribution in [2.45, 2.75) is 47.0 Å². The Kier molecular flexibility index (Phi) is 5.77. The van der Waals surface area contributed by atoms with Gasteiger partial charge in [-0.3, -0.25) is 0 Å². The molecule has 1 saturated heterocycles. The molecule has 0 bridgehead atoms. The van der Waals surface area contributed by atoms with E-state index in [9.17, 15) is 0 Å². The second-order valence-electron chi connectivity index (χ2n) is 6.26. The van der Waals surface area contributed by atoms with Crippen LogP contribution in [0, 0.1) is 11.3 Å². The van der Waals surface area contributed by atoms with E-state index in [1.54, 1.807) is 0 Å². The third-order valence-corrected chi connectivity index (χ3v) is 3.81. The summed E-state index contributed by atoms with van der Waals surface area (Å²) in [6, 6.07) is 0. The van der Waals surface area contributed by atoms with Crippen LogP contribution in [0.2, 0.25) is 0 Å². The van der Waals surface area contributed by atoms with Crippen LogP contribution in [0.15, 0.2) is 0 Å². The topological polar surface area (TPSA) is 15.3 Å². The van der Waals surface area contributed by atoms with Crippen LogP contribution in [0.3, 0.4) is 0 Å². The van der Waals surface area contributed by atoms with Gasteiger partial charge in [-0.25, -0.2) is 0 Å². The normalized spacial score (nSPS) is 22.9. The van der Waals surface area contributed by atoms with E-state index in [0.29, 0.717) is 5.41 Å². The third-order valence-electron chi connectivity index (χ3n) is 3.81. The van der Waals surface area contributed by atoms with Gasteiger partial charge in [0.25, 0.3) is 0 Å². The third kappa shape index (κ3) is 4.84. The lowest BCUT2D eigenvalue weighted by atomic mass is 9.80. The zero-order valence-electron chi connectivity index (χ0n) is 11.7. The summed E-state index contributed by atoms with van der Waals surface area (Å²) in [6.07, 6.45) is 3.99. The number of unbranched alkanes of at least 4 members (excludes halogenated alkanes) is 1. The van der Waals surface area contributed by atoms with Gasteiger partial charge in [0, 0.05) is 19.6 Å². The van der Waals surface area contributed by atoms with E-state index in [1.807, 2.05) is 0 Å². The fourth-order valence-corrected chi connectivity index (χ4v) is 2.41. The molecule has 0 aromatic rings. The van der Waals surface area contributed by atoms with E-state index in [0.717, 1.165) is 12.5 Å². The van der Waals surface area contributed by atoms with E-state index in [4.69, 9.17) is 0 Å². The van der Waals surface area contributed by atoms with Crippen LogP contribution in [-0.2, 0) is 0 Å². The van der Waals surface area contributed by atoms with Crippen LogP contribution >= 0.6 is 0 Å². The smallest absolute Gasteiger partial charge is 0.0107 e. The standard InChI is InChI=1S/C14H30N2/c1-5-6-8-15-9-11-16-10-7-13(12-16)14(2,3)4/h13,15H,5-12H2,1-4H3. The fourth-order valence-electron chi connectivity index (χ4n) is 2.41. The molecule has 0 saturated carbocycles. The lowest BCUT2D eigenvalue weighted by molar-refractivity contribution is 0.229. The lowest BCUT2D eigenvalue weighted by Crippen LogP contribution is -2.32. The molecule has 16 heavy (non-hydrogen) atoms. The molecule has 96 valence electrons. The predicted molar refractivity (Wildman–Crippen MR) is 71.8 cm³/mol. The van der Waals surface area contributed by atoms with Crippen LogP contribution in [0.4, 0.5) is 0 Å². The minimum atomic E-state index is 0.490. The minimum Gasteiger partial charge on any atom is -0.315 e. The Morgan fingerprint density at radius 3 is 2.56 bits per heavy atom. The highest BCUT2D eigenvalue weighted by Crippen LogP contribution is 2.33. The molecule has 1 N–H and O–H groups in total. The number of likely N-dealkylation sites (tertiary alicyclic amines) is 1. The second kappa shape index (κ2) is 6.61. The molecular weight excluding hydrogens is 196 g/mol. The van der Waals surface area contributed by atoms with Gasteiger partial charge in [0.05, 0.1) is 0 Å². The largest absolute Gasteiger partial charge is 0.315 e. The molecule has 2 nitrogen and oxygen atoms in total. The quantitative estimate of drug-likeness (QED) is 0.701. The maximum absolute atomic E-state index is 3.53. The summed E-state index contributed by atoms with van der Waals surface area (Å²) in [5, 5.41) is 3.53. The van der Waals surface area contributed by atoms with Crippen LogP contribution in [-0.4, -0.2) is 37.6 Å². The molecule has 0 aromatic carbocycles. The molecule has 1 heterocycles. The van der Waals surface area contributed by atoms with Crippen molar-refractivity contribution in [2.75, 3.05) is 32.7 Å². The van der Waals surface area contributed by atoms with Crippen LogP contribution in [0.25, 0.3) is 0 Å². The van der Waals surface area contributed by atoms with Crippen molar-refractivity contribution in [3.05, 3.63) is 0 Å². The van der Waals surface area contributed by atoms with Gasteiger partial charge in [0.1, 0.15) is 0 Å². The first-order valence-electron chi connectivity index (χ1n) is 6.97. The molecule has 0 aliphatic carbocycles. The van der Waals surface area contributed by atoms with Gasteiger partial charge in [0.15, 0.2) is 0 Å². The lowest BCUT2D eigenvalue weighted by Gasteiger charge is -2.27. The van der Waals surface area contributed by atoms with Crippen molar-refractivity contribution in [1.29, 1.82) is 0 Å². The molecule has 0 amide bonds. The molecule has 1 rings (SSSR count). The summed E-state index contributed by atoms with van der Waals surface area (Å²) >= 11 is 0. The van der Waals surface area contributed by atoms with Crippen molar-refractivity contribution < 1.29 is 0 Å². The van der Waals surface area contributed by atoms with Crippen molar-refractivity contribution >= 4 is 0 Å². The highest BCUT2D eigenvalue weighted by Gasteiger charge is 2.31. The molecule has 2 heteroatoms.